The molecule has 10 heteroatoms. The highest BCUT2D eigenvalue weighted by molar-refractivity contribution is 6.75. The average Bonchev–Trinajstić information content (AvgIpc) is 2.82. The van der Waals surface area contributed by atoms with Crippen LogP contribution in [0.4, 0.5) is 0 Å². The third kappa shape index (κ3) is 6.86. The second-order valence-electron chi connectivity index (χ2n) is 14.7. The van der Waals surface area contributed by atoms with Crippen molar-refractivity contribution in [1.82, 2.24) is 0 Å². The molecule has 1 saturated heterocycles. The van der Waals surface area contributed by atoms with E-state index in [9.17, 15) is 5.21 Å². The van der Waals surface area contributed by atoms with Crippen LogP contribution < -0.4 is 0 Å². The van der Waals surface area contributed by atoms with Crippen LogP contribution in [0.1, 0.15) is 62.3 Å². The van der Waals surface area contributed by atoms with E-state index in [4.69, 9.17) is 18.0 Å². The molecule has 0 aromatic heterocycles. The van der Waals surface area contributed by atoms with Crippen molar-refractivity contribution >= 4 is 39.0 Å². The summed E-state index contributed by atoms with van der Waals surface area (Å²) in [5, 5.41) is 13.3. The average molecular weight is 532 g/mol. The van der Waals surface area contributed by atoms with Gasteiger partial charge in [0.25, 0.3) is 0 Å². The van der Waals surface area contributed by atoms with Gasteiger partial charge >= 0.3 is 0 Å². The van der Waals surface area contributed by atoms with Gasteiger partial charge in [-0.25, -0.2) is 0 Å². The van der Waals surface area contributed by atoms with Crippen molar-refractivity contribution in [3.05, 3.63) is 0 Å². The molecule has 0 aromatic carbocycles. The Morgan fingerprint density at radius 2 is 1.24 bits per heavy atom. The van der Waals surface area contributed by atoms with Gasteiger partial charge in [-0.05, 0) is 54.4 Å². The molecule has 0 aromatic rings. The van der Waals surface area contributed by atoms with E-state index >= 15 is 0 Å². The summed E-state index contributed by atoms with van der Waals surface area (Å²) in [6, 6.07) is -0.232. The molecule has 34 heavy (non-hydrogen) atoms. The van der Waals surface area contributed by atoms with E-state index < -0.39 is 36.7 Å². The number of hydrogen-bond acceptors (Lipinski definition) is 6. The van der Waals surface area contributed by atoms with Crippen molar-refractivity contribution < 1.29 is 23.2 Å². The van der Waals surface area contributed by atoms with E-state index in [-0.39, 0.29) is 33.8 Å². The van der Waals surface area contributed by atoms with Gasteiger partial charge in [0.1, 0.15) is 14.0 Å². The first-order valence-electron chi connectivity index (χ1n) is 12.7. The fraction of sp³-hybridized carbons (Fsp3) is 0.958. The molecule has 1 N–H and O–H groups in total. The van der Waals surface area contributed by atoms with E-state index in [0.29, 0.717) is 0 Å². The Labute approximate surface area is 214 Å². The molecule has 0 unspecified atom stereocenters. The zero-order valence-corrected chi connectivity index (χ0v) is 28.0. The summed E-state index contributed by atoms with van der Waals surface area (Å²) in [4.78, 5) is 0. The Hall–Kier alpha value is 0.0256. The molecular formula is C24H54BNO5Si3. The van der Waals surface area contributed by atoms with Gasteiger partial charge in [0.15, 0.2) is 30.6 Å². The van der Waals surface area contributed by atoms with Crippen LogP contribution in [0, 0.1) is 0 Å². The van der Waals surface area contributed by atoms with Crippen LogP contribution in [-0.2, 0) is 18.0 Å². The molecule has 0 saturated carbocycles. The van der Waals surface area contributed by atoms with Crippen molar-refractivity contribution in [3.63, 3.8) is 0 Å². The van der Waals surface area contributed by atoms with Crippen molar-refractivity contribution in [1.29, 1.82) is 0 Å². The first-order valence-corrected chi connectivity index (χ1v) is 21.4. The summed E-state index contributed by atoms with van der Waals surface area (Å²) >= 11 is 0. The van der Waals surface area contributed by atoms with Gasteiger partial charge in [-0.2, -0.15) is 0 Å². The maximum absolute atomic E-state index is 9.76. The maximum Gasteiger partial charge on any atom is 0.192 e. The van der Waals surface area contributed by atoms with E-state index in [0.717, 1.165) is 0 Å². The second kappa shape index (κ2) is 10.1. The van der Waals surface area contributed by atoms with Crippen LogP contribution in [-0.4, -0.2) is 74.6 Å². The molecule has 6 nitrogen and oxygen atoms in total. The molecule has 1 rings (SSSR count). The number of oxime groups is 1. The normalized spacial score (nSPS) is 28.1. The Morgan fingerprint density at radius 1 is 0.824 bits per heavy atom. The van der Waals surface area contributed by atoms with Gasteiger partial charge in [0.05, 0.1) is 24.9 Å². The summed E-state index contributed by atoms with van der Waals surface area (Å²) in [6.45, 7) is 33.8. The molecule has 200 valence electrons. The Morgan fingerprint density at radius 3 is 1.62 bits per heavy atom. The number of rotatable bonds is 8. The molecule has 0 bridgehead atoms. The number of ether oxygens (including phenoxy) is 1. The molecule has 1 fully saturated rings. The van der Waals surface area contributed by atoms with Gasteiger partial charge in [0, 0.05) is 0 Å². The molecule has 0 spiro atoms. The van der Waals surface area contributed by atoms with Gasteiger partial charge < -0.3 is 23.2 Å². The fourth-order valence-corrected chi connectivity index (χ4v) is 6.90. The third-order valence-corrected chi connectivity index (χ3v) is 22.3. The molecule has 0 amide bonds. The monoisotopic (exact) mass is 531 g/mol. The van der Waals surface area contributed by atoms with Gasteiger partial charge in [-0.1, -0.05) is 67.5 Å². The van der Waals surface area contributed by atoms with Crippen LogP contribution in [0.25, 0.3) is 0 Å². The Balaban J connectivity index is 3.57. The smallest absolute Gasteiger partial charge is 0.192 e. The molecule has 4 atom stereocenters. The lowest BCUT2D eigenvalue weighted by Gasteiger charge is -2.46. The van der Waals surface area contributed by atoms with Crippen LogP contribution in [0.15, 0.2) is 5.16 Å². The minimum absolute atomic E-state index is 0.00272. The topological polar surface area (TPSA) is 69.5 Å². The van der Waals surface area contributed by atoms with Crippen LogP contribution in [0.5, 0.6) is 0 Å². The number of nitrogens with zero attached hydrogens (tertiary/aromatic N) is 1. The highest BCUT2D eigenvalue weighted by Gasteiger charge is 2.59. The van der Waals surface area contributed by atoms with Gasteiger partial charge in [0.2, 0.25) is 0 Å². The molecule has 1 aliphatic rings. The summed E-state index contributed by atoms with van der Waals surface area (Å²) in [7, 11) is -4.41. The summed E-state index contributed by atoms with van der Waals surface area (Å²) < 4.78 is 27.3. The Kier molecular flexibility index (Phi) is 9.48. The lowest BCUT2D eigenvalue weighted by atomic mass is 9.90. The lowest BCUT2D eigenvalue weighted by molar-refractivity contribution is -0.0405. The zero-order valence-electron chi connectivity index (χ0n) is 25.0. The predicted molar refractivity (Wildman–Crippen MR) is 154 cm³/mol. The fourth-order valence-electron chi connectivity index (χ4n) is 3.20. The minimum Gasteiger partial charge on any atom is -0.413 e. The SMILES string of the molecule is B[C@@H]1O[C@](/C=N/O)(CO[Si](C)(C)C(C)(C)C)[C@@H](O[Si](C)(C)C(C)(C)C)[C@H]1O[Si](C)(C)C(C)(C)C. The number of hydrogen-bond donors (Lipinski definition) is 1. The largest absolute Gasteiger partial charge is 0.413 e. The van der Waals surface area contributed by atoms with Crippen molar-refractivity contribution in [2.45, 2.75) is 141 Å². The Bertz CT molecular complexity index is 726. The van der Waals surface area contributed by atoms with E-state index in [1.54, 1.807) is 0 Å². The molecule has 0 aliphatic carbocycles. The summed E-state index contributed by atoms with van der Waals surface area (Å²) in [6.07, 6.45) is 0.776. The highest BCUT2D eigenvalue weighted by Crippen LogP contribution is 2.46. The molecule has 1 aliphatic heterocycles. The standard InChI is InChI=1S/C24H54BNO5Si3/c1-21(2,3)32(10,11)28-17-24(16-26-27)19(31-34(14,15)23(7,8)9)18(20(25)29-24)30-33(12,13)22(4,5)6/h16,18-20,27H,17,25H2,1-15H3/b26-16+/t18-,19+,20-,24-/m1/s1. The summed E-state index contributed by atoms with van der Waals surface area (Å²) in [5.74, 6) is 0. The highest BCUT2D eigenvalue weighted by atomic mass is 28.4. The van der Waals surface area contributed by atoms with Crippen LogP contribution >= 0.6 is 0 Å². The molecule has 0 radical (unpaired) electrons. The first-order chi connectivity index (χ1) is 14.8. The second-order valence-corrected chi connectivity index (χ2v) is 29.0. The minimum atomic E-state index is -2.22. The molecular weight excluding hydrogens is 477 g/mol. The van der Waals surface area contributed by atoms with Crippen LogP contribution in [0.2, 0.25) is 54.4 Å². The van der Waals surface area contributed by atoms with Gasteiger partial charge in [-0.3, -0.25) is 0 Å². The zero-order chi connectivity index (χ0) is 27.2. The maximum atomic E-state index is 9.76. The quantitative estimate of drug-likeness (QED) is 0.181. The van der Waals surface area contributed by atoms with Gasteiger partial charge in [-0.15, -0.1) is 0 Å². The van der Waals surface area contributed by atoms with Crippen molar-refractivity contribution in [2.75, 3.05) is 6.61 Å². The molecule has 1 heterocycles. The van der Waals surface area contributed by atoms with Crippen molar-refractivity contribution in [3.8, 4) is 0 Å². The van der Waals surface area contributed by atoms with E-state index in [1.165, 1.54) is 6.21 Å². The first kappa shape index (κ1) is 32.1. The third-order valence-electron chi connectivity index (χ3n) is 8.85. The predicted octanol–water partition coefficient (Wildman–Crippen LogP) is 5.98. The summed E-state index contributed by atoms with van der Waals surface area (Å²) in [5.41, 5.74) is -1.02. The van der Waals surface area contributed by atoms with E-state index in [2.05, 4.69) is 107 Å². The van der Waals surface area contributed by atoms with Crippen molar-refractivity contribution in [2.24, 2.45) is 5.16 Å². The van der Waals surface area contributed by atoms with E-state index in [1.807, 2.05) is 7.85 Å². The lowest BCUT2D eigenvalue weighted by Crippen LogP contribution is -2.59. The van der Waals surface area contributed by atoms with Crippen LogP contribution in [0.3, 0.4) is 0 Å².